The van der Waals surface area contributed by atoms with Crippen LogP contribution in [-0.4, -0.2) is 25.7 Å². The molecule has 214 valence electrons. The highest BCUT2D eigenvalue weighted by molar-refractivity contribution is 7.90. The van der Waals surface area contributed by atoms with Crippen LogP contribution in [0.5, 0.6) is 0 Å². The molecule has 0 atom stereocenters. The summed E-state index contributed by atoms with van der Waals surface area (Å²) >= 11 is 0. The van der Waals surface area contributed by atoms with Gasteiger partial charge >= 0.3 is 12.2 Å². The fourth-order valence-corrected chi connectivity index (χ4v) is 5.13. The molecular weight excluding hydrogens is 560 g/mol. The largest absolute Gasteiger partial charge is 0.416 e. The number of anilines is 2. The van der Waals surface area contributed by atoms with E-state index in [-0.39, 0.29) is 18.7 Å². The average molecular weight is 587 g/mol. The molecule has 0 bridgehead atoms. The predicted octanol–water partition coefficient (Wildman–Crippen LogP) is 6.43. The van der Waals surface area contributed by atoms with Gasteiger partial charge in [-0.05, 0) is 47.0 Å². The van der Waals surface area contributed by atoms with E-state index in [0.29, 0.717) is 16.8 Å². The Morgan fingerprint density at radius 3 is 2.20 bits per heavy atom. The first-order valence-corrected chi connectivity index (χ1v) is 14.1. The summed E-state index contributed by atoms with van der Waals surface area (Å²) in [5, 5.41) is 3.42. The van der Waals surface area contributed by atoms with Crippen molar-refractivity contribution in [2.45, 2.75) is 24.2 Å². The molecular formula is C29H26F4N4O3S. The third-order valence-electron chi connectivity index (χ3n) is 6.09. The van der Waals surface area contributed by atoms with Crippen LogP contribution in [0.4, 0.5) is 33.7 Å². The Balaban J connectivity index is 1.68. The van der Waals surface area contributed by atoms with E-state index in [4.69, 9.17) is 5.73 Å². The Morgan fingerprint density at radius 2 is 1.59 bits per heavy atom. The molecule has 7 nitrogen and oxygen atoms in total. The maximum Gasteiger partial charge on any atom is 0.416 e. The van der Waals surface area contributed by atoms with Crippen molar-refractivity contribution in [3.8, 4) is 11.1 Å². The van der Waals surface area contributed by atoms with E-state index < -0.39 is 44.0 Å². The molecule has 0 saturated heterocycles. The molecule has 0 fully saturated rings. The van der Waals surface area contributed by atoms with Crippen LogP contribution in [0.15, 0.2) is 95.9 Å². The number of alkyl halides is 3. The van der Waals surface area contributed by atoms with Crippen molar-refractivity contribution in [2.75, 3.05) is 17.0 Å². The quantitative estimate of drug-likeness (QED) is 0.163. The van der Waals surface area contributed by atoms with Crippen LogP contribution in [0.3, 0.4) is 0 Å². The maximum atomic E-state index is 15.7. The normalized spacial score (nSPS) is 11.7. The van der Waals surface area contributed by atoms with Gasteiger partial charge in [0.15, 0.2) is 15.7 Å². The number of nitrogens with zero attached hydrogens (tertiary/aromatic N) is 1. The number of hydrazine groups is 1. The summed E-state index contributed by atoms with van der Waals surface area (Å²) in [4.78, 5) is 12.8. The molecule has 41 heavy (non-hydrogen) atoms. The second-order valence-electron chi connectivity index (χ2n) is 9.17. The molecule has 12 heteroatoms. The Hall–Kier alpha value is -4.42. The molecule has 0 aliphatic rings. The third-order valence-corrected chi connectivity index (χ3v) is 7.23. The van der Waals surface area contributed by atoms with Crippen LogP contribution >= 0.6 is 0 Å². The minimum absolute atomic E-state index is 0.127. The zero-order valence-electron chi connectivity index (χ0n) is 21.7. The topological polar surface area (TPSA) is 105 Å². The number of hydrogen-bond donors (Lipinski definition) is 3. The van der Waals surface area contributed by atoms with Gasteiger partial charge in [0.2, 0.25) is 0 Å². The lowest BCUT2D eigenvalue weighted by Crippen LogP contribution is -2.39. The predicted molar refractivity (Wildman–Crippen MR) is 149 cm³/mol. The molecule has 0 saturated carbocycles. The standard InChI is InChI=1S/C29H26F4N4O3S/c1-41(39,40)27-24(21-7-3-2-4-8-21)14-15-25(26(27)30)35-28(38)37(36-23-9-5-6-20(16-23)17-34)18-19-10-12-22(13-11-19)29(31,32)33/h2-16,36H,17-18,34H2,1H3,(H,35,38). The summed E-state index contributed by atoms with van der Waals surface area (Å²) in [7, 11) is -4.07. The molecule has 4 N–H and O–H groups in total. The summed E-state index contributed by atoms with van der Waals surface area (Å²) in [6.07, 6.45) is -3.66. The van der Waals surface area contributed by atoms with Gasteiger partial charge in [0.05, 0.1) is 23.5 Å². The number of hydrogen-bond acceptors (Lipinski definition) is 5. The van der Waals surface area contributed by atoms with Crippen LogP contribution in [0.25, 0.3) is 11.1 Å². The van der Waals surface area contributed by atoms with E-state index in [1.165, 1.54) is 24.3 Å². The number of amides is 2. The zero-order chi connectivity index (χ0) is 29.8. The van der Waals surface area contributed by atoms with Gasteiger partial charge in [-0.3, -0.25) is 5.43 Å². The number of rotatable bonds is 8. The number of benzene rings is 4. The molecule has 0 radical (unpaired) electrons. The minimum atomic E-state index is -4.53. The van der Waals surface area contributed by atoms with Crippen molar-refractivity contribution in [3.05, 3.63) is 114 Å². The van der Waals surface area contributed by atoms with Crippen LogP contribution in [0, 0.1) is 5.82 Å². The molecule has 0 spiro atoms. The monoisotopic (exact) mass is 586 g/mol. The van der Waals surface area contributed by atoms with Gasteiger partial charge in [-0.15, -0.1) is 0 Å². The van der Waals surface area contributed by atoms with Crippen molar-refractivity contribution in [3.63, 3.8) is 0 Å². The summed E-state index contributed by atoms with van der Waals surface area (Å²) in [6, 6.07) is 21.1. The van der Waals surface area contributed by atoms with E-state index in [9.17, 15) is 26.4 Å². The van der Waals surface area contributed by atoms with E-state index in [2.05, 4.69) is 10.7 Å². The van der Waals surface area contributed by atoms with Crippen molar-refractivity contribution in [2.24, 2.45) is 5.73 Å². The first-order chi connectivity index (χ1) is 19.4. The molecule has 4 rings (SSSR count). The highest BCUT2D eigenvalue weighted by Gasteiger charge is 2.30. The number of nitrogens with two attached hydrogens (primary N) is 1. The van der Waals surface area contributed by atoms with E-state index in [0.717, 1.165) is 29.0 Å². The third kappa shape index (κ3) is 7.21. The second kappa shape index (κ2) is 12.0. The van der Waals surface area contributed by atoms with Gasteiger partial charge in [0.1, 0.15) is 4.90 Å². The van der Waals surface area contributed by atoms with Crippen molar-refractivity contribution in [1.29, 1.82) is 0 Å². The molecule has 0 unspecified atom stereocenters. The summed E-state index contributed by atoms with van der Waals surface area (Å²) in [6.45, 7) is -0.00661. The summed E-state index contributed by atoms with van der Waals surface area (Å²) in [5.74, 6) is -1.15. The van der Waals surface area contributed by atoms with Crippen molar-refractivity contribution in [1.82, 2.24) is 5.01 Å². The Bertz CT molecular complexity index is 1650. The van der Waals surface area contributed by atoms with Crippen LogP contribution in [0.1, 0.15) is 16.7 Å². The zero-order valence-corrected chi connectivity index (χ0v) is 22.6. The highest BCUT2D eigenvalue weighted by Crippen LogP contribution is 2.34. The fraction of sp³-hybridized carbons (Fsp3) is 0.138. The van der Waals surface area contributed by atoms with Gasteiger partial charge in [-0.25, -0.2) is 22.6 Å². The average Bonchev–Trinajstić information content (AvgIpc) is 2.93. The van der Waals surface area contributed by atoms with Gasteiger partial charge in [0.25, 0.3) is 0 Å². The molecule has 2 amide bonds. The number of sulfone groups is 1. The lowest BCUT2D eigenvalue weighted by atomic mass is 10.0. The van der Waals surface area contributed by atoms with E-state index in [1.54, 1.807) is 54.6 Å². The van der Waals surface area contributed by atoms with Crippen LogP contribution in [-0.2, 0) is 29.1 Å². The van der Waals surface area contributed by atoms with E-state index >= 15 is 4.39 Å². The second-order valence-corrected chi connectivity index (χ2v) is 11.1. The summed E-state index contributed by atoms with van der Waals surface area (Å²) in [5.41, 5.74) is 9.43. The minimum Gasteiger partial charge on any atom is -0.326 e. The number of nitrogens with one attached hydrogen (secondary N) is 2. The van der Waals surface area contributed by atoms with Crippen molar-refractivity contribution < 1.29 is 30.8 Å². The van der Waals surface area contributed by atoms with Crippen LogP contribution < -0.4 is 16.5 Å². The lowest BCUT2D eigenvalue weighted by Gasteiger charge is -2.26. The smallest absolute Gasteiger partial charge is 0.326 e. The fourth-order valence-electron chi connectivity index (χ4n) is 4.11. The first kappa shape index (κ1) is 29.6. The number of carbonyl (C=O) groups excluding carboxylic acids is 1. The SMILES string of the molecule is CS(=O)(=O)c1c(-c2ccccc2)ccc(NC(=O)N(Cc2ccc(C(F)(F)F)cc2)Nc2cccc(CN)c2)c1F. The van der Waals surface area contributed by atoms with Crippen molar-refractivity contribution >= 4 is 27.2 Å². The van der Waals surface area contributed by atoms with Crippen LogP contribution in [0.2, 0.25) is 0 Å². The number of urea groups is 1. The molecule has 0 aromatic heterocycles. The molecule has 0 aliphatic heterocycles. The number of carbonyl (C=O) groups is 1. The first-order valence-electron chi connectivity index (χ1n) is 12.2. The van der Waals surface area contributed by atoms with E-state index in [1.807, 2.05) is 0 Å². The lowest BCUT2D eigenvalue weighted by molar-refractivity contribution is -0.137. The number of halogens is 4. The Morgan fingerprint density at radius 1 is 0.902 bits per heavy atom. The maximum absolute atomic E-state index is 15.7. The van der Waals surface area contributed by atoms with Gasteiger partial charge in [-0.2, -0.15) is 13.2 Å². The Kier molecular flexibility index (Phi) is 8.64. The summed E-state index contributed by atoms with van der Waals surface area (Å²) < 4.78 is 80.0. The van der Waals surface area contributed by atoms with Gasteiger partial charge < -0.3 is 11.1 Å². The molecule has 4 aromatic carbocycles. The Labute approximate surface area is 234 Å². The van der Waals surface area contributed by atoms with Gasteiger partial charge in [0, 0.05) is 18.4 Å². The molecule has 4 aromatic rings. The molecule has 0 aliphatic carbocycles. The molecule has 0 heterocycles. The van der Waals surface area contributed by atoms with Gasteiger partial charge in [-0.1, -0.05) is 60.7 Å². The highest BCUT2D eigenvalue weighted by atomic mass is 32.2.